The predicted molar refractivity (Wildman–Crippen MR) is 106 cm³/mol. The van der Waals surface area contributed by atoms with E-state index >= 15 is 0 Å². The number of carbonyl (C=O) groups is 1. The molecule has 1 amide bonds. The van der Waals surface area contributed by atoms with Crippen molar-refractivity contribution >= 4 is 5.91 Å². The Morgan fingerprint density at radius 3 is 2.45 bits per heavy atom. The second-order valence-corrected chi connectivity index (χ2v) is 6.77. The first-order chi connectivity index (χ1) is 14.9. The van der Waals surface area contributed by atoms with Gasteiger partial charge in [0.15, 0.2) is 5.69 Å². The Bertz CT molecular complexity index is 1170. The van der Waals surface area contributed by atoms with Gasteiger partial charge in [-0.05, 0) is 35.9 Å². The van der Waals surface area contributed by atoms with Crippen molar-refractivity contribution in [2.24, 2.45) is 0 Å². The first-order valence-corrected chi connectivity index (χ1v) is 9.37. The predicted octanol–water partition coefficient (Wildman–Crippen LogP) is 4.41. The van der Waals surface area contributed by atoms with Crippen LogP contribution >= 0.6 is 0 Å². The number of benzene rings is 2. The summed E-state index contributed by atoms with van der Waals surface area (Å²) in [6, 6.07) is 17.0. The van der Waals surface area contributed by atoms with E-state index in [0.717, 1.165) is 21.9 Å². The number of carbonyl (C=O) groups excluding carboxylic acids is 1. The van der Waals surface area contributed by atoms with E-state index in [1.165, 1.54) is 12.5 Å². The minimum atomic E-state index is -4.48. The van der Waals surface area contributed by atoms with Crippen LogP contribution in [-0.4, -0.2) is 20.7 Å². The molecule has 2 aromatic carbocycles. The molecular weight excluding hydrogens is 409 g/mol. The van der Waals surface area contributed by atoms with Gasteiger partial charge in [-0.3, -0.25) is 4.79 Å². The molecule has 158 valence electrons. The molecule has 0 saturated carbocycles. The molecule has 0 bridgehead atoms. The molecule has 0 aliphatic rings. The van der Waals surface area contributed by atoms with E-state index in [-0.39, 0.29) is 18.9 Å². The van der Waals surface area contributed by atoms with E-state index in [2.05, 4.69) is 15.4 Å². The van der Waals surface area contributed by atoms with Crippen molar-refractivity contribution in [1.29, 1.82) is 0 Å². The number of rotatable bonds is 6. The number of oxazole rings is 1. The van der Waals surface area contributed by atoms with Gasteiger partial charge >= 0.3 is 6.18 Å². The molecule has 2 heterocycles. The van der Waals surface area contributed by atoms with Gasteiger partial charge in [-0.15, -0.1) is 0 Å². The summed E-state index contributed by atoms with van der Waals surface area (Å²) in [5.74, 6) is 0.227. The maximum atomic E-state index is 12.7. The highest BCUT2D eigenvalue weighted by atomic mass is 19.4. The number of nitrogens with one attached hydrogen (secondary N) is 1. The summed E-state index contributed by atoms with van der Waals surface area (Å²) >= 11 is 0. The molecular formula is C22H17F3N4O2. The van der Waals surface area contributed by atoms with Crippen molar-refractivity contribution in [3.05, 3.63) is 90.1 Å². The molecule has 0 unspecified atom stereocenters. The van der Waals surface area contributed by atoms with Gasteiger partial charge in [0.1, 0.15) is 6.26 Å². The van der Waals surface area contributed by atoms with Crippen LogP contribution in [0.4, 0.5) is 13.2 Å². The largest absolute Gasteiger partial charge is 0.444 e. The summed E-state index contributed by atoms with van der Waals surface area (Å²) in [6.07, 6.45) is -1.71. The molecule has 0 aliphatic carbocycles. The molecule has 31 heavy (non-hydrogen) atoms. The smallest absolute Gasteiger partial charge is 0.435 e. The third-order valence-corrected chi connectivity index (χ3v) is 4.48. The van der Waals surface area contributed by atoms with Gasteiger partial charge in [0, 0.05) is 18.3 Å². The summed E-state index contributed by atoms with van der Waals surface area (Å²) in [7, 11) is 0. The van der Waals surface area contributed by atoms with Crippen molar-refractivity contribution in [3.63, 3.8) is 0 Å². The first-order valence-electron chi connectivity index (χ1n) is 9.37. The van der Waals surface area contributed by atoms with Crippen LogP contribution in [0.2, 0.25) is 0 Å². The van der Waals surface area contributed by atoms with Gasteiger partial charge in [-0.2, -0.15) is 18.3 Å². The fraction of sp³-hybridized carbons (Fsp3) is 0.136. The second-order valence-electron chi connectivity index (χ2n) is 6.77. The Morgan fingerprint density at radius 2 is 1.77 bits per heavy atom. The number of hydrogen-bond acceptors (Lipinski definition) is 4. The van der Waals surface area contributed by atoms with Gasteiger partial charge < -0.3 is 9.73 Å². The fourth-order valence-electron chi connectivity index (χ4n) is 2.91. The van der Waals surface area contributed by atoms with E-state index in [1.807, 2.05) is 30.3 Å². The van der Waals surface area contributed by atoms with E-state index in [0.29, 0.717) is 17.3 Å². The van der Waals surface area contributed by atoms with Gasteiger partial charge in [0.25, 0.3) is 0 Å². The summed E-state index contributed by atoms with van der Waals surface area (Å²) in [5, 5.41) is 6.32. The van der Waals surface area contributed by atoms with Crippen molar-refractivity contribution < 1.29 is 22.4 Å². The Morgan fingerprint density at radius 1 is 1.03 bits per heavy atom. The molecule has 2 aromatic heterocycles. The number of halogens is 3. The van der Waals surface area contributed by atoms with Crippen LogP contribution in [0, 0.1) is 0 Å². The zero-order chi connectivity index (χ0) is 21.8. The Kier molecular flexibility index (Phi) is 5.57. The molecule has 0 spiro atoms. The molecule has 4 rings (SSSR count). The monoisotopic (exact) mass is 426 g/mol. The topological polar surface area (TPSA) is 73.0 Å². The summed E-state index contributed by atoms with van der Waals surface area (Å²) in [6.45, 7) is 0.273. The maximum absolute atomic E-state index is 12.7. The lowest BCUT2D eigenvalue weighted by atomic mass is 10.2. The third-order valence-electron chi connectivity index (χ3n) is 4.48. The van der Waals surface area contributed by atoms with Crippen LogP contribution in [0.5, 0.6) is 0 Å². The molecule has 1 N–H and O–H groups in total. The quantitative estimate of drug-likeness (QED) is 0.496. The number of alkyl halides is 3. The average molecular weight is 426 g/mol. The minimum Gasteiger partial charge on any atom is -0.444 e. The molecule has 4 aromatic rings. The lowest BCUT2D eigenvalue weighted by Crippen LogP contribution is -2.24. The van der Waals surface area contributed by atoms with Crippen LogP contribution < -0.4 is 5.32 Å². The first kappa shape index (κ1) is 20.4. The lowest BCUT2D eigenvalue weighted by molar-refractivity contribution is -0.141. The standard InChI is InChI=1S/C22H17F3N4O2/c23-22(24,25)19-10-11-29(28-19)18-8-6-15(7-9-18)13-26-20(30)12-17-14-31-21(27-17)16-4-2-1-3-5-16/h1-11,14H,12-13H2,(H,26,30). The summed E-state index contributed by atoms with van der Waals surface area (Å²) < 4.78 is 44.6. The number of hydrogen-bond donors (Lipinski definition) is 1. The minimum absolute atomic E-state index is 0.0714. The molecule has 6 nitrogen and oxygen atoms in total. The van der Waals surface area contributed by atoms with E-state index < -0.39 is 11.9 Å². The number of aromatic nitrogens is 3. The van der Waals surface area contributed by atoms with Gasteiger partial charge in [-0.25, -0.2) is 9.67 Å². The molecule has 0 fully saturated rings. The highest BCUT2D eigenvalue weighted by molar-refractivity contribution is 5.78. The molecule has 0 saturated heterocycles. The Labute approximate surface area is 175 Å². The van der Waals surface area contributed by atoms with E-state index in [4.69, 9.17) is 4.42 Å². The van der Waals surface area contributed by atoms with Gasteiger partial charge in [0.2, 0.25) is 11.8 Å². The van der Waals surface area contributed by atoms with E-state index in [1.54, 1.807) is 24.3 Å². The summed E-state index contributed by atoms with van der Waals surface area (Å²) in [5.41, 5.74) is 1.68. The average Bonchev–Trinajstić information content (AvgIpc) is 3.43. The van der Waals surface area contributed by atoms with Crippen LogP contribution in [0.25, 0.3) is 17.1 Å². The number of nitrogens with zero attached hydrogens (tertiary/aromatic N) is 3. The van der Waals surface area contributed by atoms with Crippen molar-refractivity contribution in [2.45, 2.75) is 19.1 Å². The summed E-state index contributed by atoms with van der Waals surface area (Å²) in [4.78, 5) is 16.5. The zero-order valence-electron chi connectivity index (χ0n) is 16.1. The van der Waals surface area contributed by atoms with Crippen molar-refractivity contribution in [3.8, 4) is 17.1 Å². The van der Waals surface area contributed by atoms with Crippen LogP contribution in [0.15, 0.2) is 77.5 Å². The molecule has 0 atom stereocenters. The van der Waals surface area contributed by atoms with Crippen molar-refractivity contribution in [1.82, 2.24) is 20.1 Å². The van der Waals surface area contributed by atoms with Crippen LogP contribution in [0.1, 0.15) is 17.0 Å². The van der Waals surface area contributed by atoms with Crippen LogP contribution in [0.3, 0.4) is 0 Å². The van der Waals surface area contributed by atoms with Gasteiger partial charge in [-0.1, -0.05) is 30.3 Å². The lowest BCUT2D eigenvalue weighted by Gasteiger charge is -2.06. The molecule has 0 aliphatic heterocycles. The van der Waals surface area contributed by atoms with Crippen LogP contribution in [-0.2, 0) is 23.9 Å². The molecule has 0 radical (unpaired) electrons. The highest BCUT2D eigenvalue weighted by Gasteiger charge is 2.33. The maximum Gasteiger partial charge on any atom is 0.435 e. The highest BCUT2D eigenvalue weighted by Crippen LogP contribution is 2.27. The molecule has 9 heteroatoms. The Hall–Kier alpha value is -3.88. The van der Waals surface area contributed by atoms with Crippen molar-refractivity contribution in [2.75, 3.05) is 0 Å². The number of amides is 1. The van der Waals surface area contributed by atoms with E-state index in [9.17, 15) is 18.0 Å². The Balaban J connectivity index is 1.32. The normalized spacial score (nSPS) is 11.5. The second kappa shape index (κ2) is 8.47. The SMILES string of the molecule is O=C(Cc1coc(-c2ccccc2)n1)NCc1ccc(-n2ccc(C(F)(F)F)n2)cc1. The fourth-order valence-corrected chi connectivity index (χ4v) is 2.91. The third kappa shape index (κ3) is 5.00. The van der Waals surface area contributed by atoms with Gasteiger partial charge in [0.05, 0.1) is 17.8 Å². The zero-order valence-corrected chi connectivity index (χ0v) is 16.1.